The third-order valence-corrected chi connectivity index (χ3v) is 3.78. The molecule has 1 N–H and O–H groups in total. The first-order valence-corrected chi connectivity index (χ1v) is 7.48. The van der Waals surface area contributed by atoms with Crippen LogP contribution in [0.1, 0.15) is 24.7 Å². The Morgan fingerprint density at radius 3 is 2.81 bits per heavy atom. The molecule has 114 valence electrons. The van der Waals surface area contributed by atoms with Gasteiger partial charge in [-0.1, -0.05) is 24.6 Å². The van der Waals surface area contributed by atoms with Gasteiger partial charge in [-0.15, -0.1) is 0 Å². The zero-order valence-electron chi connectivity index (χ0n) is 12.3. The number of nitrogens with one attached hydrogen (secondary N) is 1. The predicted octanol–water partition coefficient (Wildman–Crippen LogP) is 2.76. The van der Waals surface area contributed by atoms with Crippen LogP contribution in [0.4, 0.5) is 4.39 Å². The fourth-order valence-electron chi connectivity index (χ4n) is 2.26. The Kier molecular flexibility index (Phi) is 5.70. The molecule has 1 aromatic heterocycles. The van der Waals surface area contributed by atoms with Crippen LogP contribution in [0.2, 0.25) is 5.02 Å². The molecular weight excluding hydrogens is 291 g/mol. The third kappa shape index (κ3) is 4.25. The van der Waals surface area contributed by atoms with E-state index in [1.807, 2.05) is 7.05 Å². The van der Waals surface area contributed by atoms with E-state index < -0.39 is 0 Å². The molecule has 0 radical (unpaired) electrons. The molecule has 0 aliphatic rings. The molecule has 4 nitrogen and oxygen atoms in total. The van der Waals surface area contributed by atoms with Gasteiger partial charge in [0.05, 0.1) is 0 Å². The van der Waals surface area contributed by atoms with Crippen molar-refractivity contribution in [3.05, 3.63) is 46.8 Å². The minimum atomic E-state index is -0.260. The Hall–Kier alpha value is -1.46. The maximum absolute atomic E-state index is 13.9. The number of nitrogens with zero attached hydrogens (tertiary/aromatic N) is 3. The summed E-state index contributed by atoms with van der Waals surface area (Å²) in [5, 5.41) is 7.97. The lowest BCUT2D eigenvalue weighted by molar-refractivity contribution is 0.476. The SMILES string of the molecule is CCCNC(Cc1c(F)cccc1Cl)Cc1ncnn1C. The summed E-state index contributed by atoms with van der Waals surface area (Å²) in [4.78, 5) is 4.24. The Balaban J connectivity index is 2.14. The monoisotopic (exact) mass is 310 g/mol. The molecule has 0 fully saturated rings. The van der Waals surface area contributed by atoms with Crippen LogP contribution in [0.3, 0.4) is 0 Å². The largest absolute Gasteiger partial charge is 0.313 e. The molecule has 1 heterocycles. The summed E-state index contributed by atoms with van der Waals surface area (Å²) in [5.74, 6) is 0.611. The highest BCUT2D eigenvalue weighted by molar-refractivity contribution is 6.31. The molecule has 1 atom stereocenters. The number of aryl methyl sites for hydroxylation is 1. The Bertz CT molecular complexity index is 565. The first-order chi connectivity index (χ1) is 10.1. The zero-order chi connectivity index (χ0) is 15.2. The van der Waals surface area contributed by atoms with Crippen molar-refractivity contribution in [1.82, 2.24) is 20.1 Å². The van der Waals surface area contributed by atoms with E-state index in [-0.39, 0.29) is 11.9 Å². The Labute approximate surface area is 129 Å². The molecule has 0 aliphatic heterocycles. The van der Waals surface area contributed by atoms with Gasteiger partial charge in [0.25, 0.3) is 0 Å². The molecule has 0 bridgehead atoms. The number of halogens is 2. The summed E-state index contributed by atoms with van der Waals surface area (Å²) in [6.45, 7) is 2.97. The molecule has 1 unspecified atom stereocenters. The van der Waals surface area contributed by atoms with Gasteiger partial charge in [-0.25, -0.2) is 9.37 Å². The van der Waals surface area contributed by atoms with E-state index in [2.05, 4.69) is 22.3 Å². The van der Waals surface area contributed by atoms with Crippen LogP contribution >= 0.6 is 11.6 Å². The van der Waals surface area contributed by atoms with Crippen molar-refractivity contribution in [2.45, 2.75) is 32.2 Å². The van der Waals surface area contributed by atoms with Crippen LogP contribution < -0.4 is 5.32 Å². The summed E-state index contributed by atoms with van der Waals surface area (Å²) in [6, 6.07) is 4.86. The quantitative estimate of drug-likeness (QED) is 0.855. The first kappa shape index (κ1) is 15.9. The second-order valence-electron chi connectivity index (χ2n) is 5.06. The Morgan fingerprint density at radius 2 is 2.19 bits per heavy atom. The number of hydrogen-bond donors (Lipinski definition) is 1. The van der Waals surface area contributed by atoms with Gasteiger partial charge in [0.15, 0.2) is 0 Å². The number of rotatable bonds is 7. The average Bonchev–Trinajstić information content (AvgIpc) is 2.85. The van der Waals surface area contributed by atoms with Crippen LogP contribution in [0.5, 0.6) is 0 Å². The maximum Gasteiger partial charge on any atom is 0.138 e. The van der Waals surface area contributed by atoms with Crippen molar-refractivity contribution in [2.24, 2.45) is 7.05 Å². The zero-order valence-corrected chi connectivity index (χ0v) is 13.1. The second-order valence-corrected chi connectivity index (χ2v) is 5.47. The summed E-state index contributed by atoms with van der Waals surface area (Å²) >= 11 is 6.12. The maximum atomic E-state index is 13.9. The molecule has 2 aromatic rings. The van der Waals surface area contributed by atoms with Gasteiger partial charge >= 0.3 is 0 Å². The fourth-order valence-corrected chi connectivity index (χ4v) is 2.50. The van der Waals surface area contributed by atoms with E-state index in [9.17, 15) is 4.39 Å². The van der Waals surface area contributed by atoms with E-state index in [0.717, 1.165) is 18.8 Å². The number of aromatic nitrogens is 3. The Morgan fingerprint density at radius 1 is 1.38 bits per heavy atom. The summed E-state index contributed by atoms with van der Waals surface area (Å²) < 4.78 is 15.7. The molecule has 1 aromatic carbocycles. The second kappa shape index (κ2) is 7.52. The van der Waals surface area contributed by atoms with Gasteiger partial charge in [-0.3, -0.25) is 4.68 Å². The van der Waals surface area contributed by atoms with Crippen molar-refractivity contribution >= 4 is 11.6 Å². The lowest BCUT2D eigenvalue weighted by Gasteiger charge is -2.19. The van der Waals surface area contributed by atoms with Gasteiger partial charge in [0.2, 0.25) is 0 Å². The van der Waals surface area contributed by atoms with Gasteiger partial charge < -0.3 is 5.32 Å². The van der Waals surface area contributed by atoms with Crippen molar-refractivity contribution in [3.63, 3.8) is 0 Å². The predicted molar refractivity (Wildman–Crippen MR) is 81.9 cm³/mol. The van der Waals surface area contributed by atoms with Gasteiger partial charge in [0.1, 0.15) is 18.0 Å². The van der Waals surface area contributed by atoms with Crippen LogP contribution in [0.15, 0.2) is 24.5 Å². The van der Waals surface area contributed by atoms with E-state index in [1.54, 1.807) is 16.8 Å². The lowest BCUT2D eigenvalue weighted by Crippen LogP contribution is -2.35. The van der Waals surface area contributed by atoms with Gasteiger partial charge in [0, 0.05) is 30.1 Å². The molecule has 0 spiro atoms. The summed E-state index contributed by atoms with van der Waals surface area (Å²) in [6.07, 6.45) is 3.75. The van der Waals surface area contributed by atoms with Crippen LogP contribution in [-0.4, -0.2) is 27.4 Å². The fraction of sp³-hybridized carbons (Fsp3) is 0.467. The highest BCUT2D eigenvalue weighted by atomic mass is 35.5. The minimum absolute atomic E-state index is 0.0715. The standard InChI is InChI=1S/C15H20ClFN4/c1-3-7-18-11(9-15-19-10-20-21(15)2)8-12-13(16)5-4-6-14(12)17/h4-6,10-11,18H,3,7-9H2,1-2H3. The van der Waals surface area contributed by atoms with Crippen LogP contribution in [0.25, 0.3) is 0 Å². The number of hydrogen-bond acceptors (Lipinski definition) is 3. The molecule has 0 aliphatic carbocycles. The molecule has 0 saturated heterocycles. The van der Waals surface area contributed by atoms with Crippen LogP contribution in [-0.2, 0) is 19.9 Å². The molecule has 0 amide bonds. The smallest absolute Gasteiger partial charge is 0.138 e. The highest BCUT2D eigenvalue weighted by Crippen LogP contribution is 2.21. The summed E-state index contributed by atoms with van der Waals surface area (Å²) in [5.41, 5.74) is 0.551. The van der Waals surface area contributed by atoms with Gasteiger partial charge in [-0.2, -0.15) is 5.10 Å². The van der Waals surface area contributed by atoms with E-state index in [4.69, 9.17) is 11.6 Å². The van der Waals surface area contributed by atoms with Crippen molar-refractivity contribution in [1.29, 1.82) is 0 Å². The molecule has 0 saturated carbocycles. The van der Waals surface area contributed by atoms with E-state index in [0.29, 0.717) is 23.4 Å². The average molecular weight is 311 g/mol. The number of benzene rings is 1. The molecular formula is C15H20ClFN4. The van der Waals surface area contributed by atoms with Crippen LogP contribution in [0, 0.1) is 5.82 Å². The minimum Gasteiger partial charge on any atom is -0.313 e. The molecule has 21 heavy (non-hydrogen) atoms. The summed E-state index contributed by atoms with van der Waals surface area (Å²) in [7, 11) is 1.86. The van der Waals surface area contributed by atoms with E-state index in [1.165, 1.54) is 12.4 Å². The topological polar surface area (TPSA) is 42.7 Å². The normalized spacial score (nSPS) is 12.6. The van der Waals surface area contributed by atoms with Crippen molar-refractivity contribution in [2.75, 3.05) is 6.54 Å². The highest BCUT2D eigenvalue weighted by Gasteiger charge is 2.17. The third-order valence-electron chi connectivity index (χ3n) is 3.43. The molecule has 2 rings (SSSR count). The van der Waals surface area contributed by atoms with Crippen molar-refractivity contribution < 1.29 is 4.39 Å². The van der Waals surface area contributed by atoms with E-state index >= 15 is 0 Å². The molecule has 6 heteroatoms. The van der Waals surface area contributed by atoms with Gasteiger partial charge in [-0.05, 0) is 31.5 Å². The lowest BCUT2D eigenvalue weighted by atomic mass is 10.0. The van der Waals surface area contributed by atoms with Crippen molar-refractivity contribution in [3.8, 4) is 0 Å². The first-order valence-electron chi connectivity index (χ1n) is 7.11.